The third-order valence-corrected chi connectivity index (χ3v) is 5.05. The molecule has 0 unspecified atom stereocenters. The molecule has 4 aromatic carbocycles. The standard InChI is InChI=1S/C23H16ClN3/c24-20-8-4-5-9-21(20)26-17-11-12-19-16(14-17)10-13-22-23(19)25-15-27(22)18-6-2-1-3-7-18/h1-15,26H. The number of anilines is 2. The van der Waals surface area contributed by atoms with E-state index >= 15 is 0 Å². The number of fused-ring (bicyclic) bond motifs is 3. The van der Waals surface area contributed by atoms with Gasteiger partial charge in [-0.25, -0.2) is 4.98 Å². The molecule has 0 saturated carbocycles. The molecular formula is C23H16ClN3. The number of halogens is 1. The van der Waals surface area contributed by atoms with Gasteiger partial charge in [0.2, 0.25) is 0 Å². The van der Waals surface area contributed by atoms with Gasteiger partial charge in [-0.1, -0.05) is 54.1 Å². The Kier molecular flexibility index (Phi) is 3.80. The normalized spacial score (nSPS) is 11.1. The maximum absolute atomic E-state index is 6.26. The number of nitrogens with one attached hydrogen (secondary N) is 1. The second kappa shape index (κ2) is 6.45. The molecule has 0 radical (unpaired) electrons. The Morgan fingerprint density at radius 2 is 1.63 bits per heavy atom. The van der Waals surface area contributed by atoms with Crippen molar-refractivity contribution >= 4 is 44.8 Å². The first-order valence-electron chi connectivity index (χ1n) is 8.76. The number of imidazole rings is 1. The summed E-state index contributed by atoms with van der Waals surface area (Å²) in [6.07, 6.45) is 1.88. The number of rotatable bonds is 3. The first-order chi connectivity index (χ1) is 13.3. The van der Waals surface area contributed by atoms with Crippen molar-refractivity contribution in [3.8, 4) is 5.69 Å². The van der Waals surface area contributed by atoms with E-state index in [2.05, 4.69) is 57.3 Å². The summed E-state index contributed by atoms with van der Waals surface area (Å²) in [5, 5.41) is 6.36. The van der Waals surface area contributed by atoms with Gasteiger partial charge < -0.3 is 5.32 Å². The average Bonchev–Trinajstić information content (AvgIpc) is 3.15. The van der Waals surface area contributed by atoms with Gasteiger partial charge in [0.15, 0.2) is 0 Å². The molecule has 0 saturated heterocycles. The van der Waals surface area contributed by atoms with Gasteiger partial charge in [0.05, 0.1) is 21.7 Å². The second-order valence-electron chi connectivity index (χ2n) is 6.42. The zero-order chi connectivity index (χ0) is 18.2. The summed E-state index contributed by atoms with van der Waals surface area (Å²) in [5.74, 6) is 0. The molecule has 0 atom stereocenters. The fraction of sp³-hybridized carbons (Fsp3) is 0. The molecule has 3 nitrogen and oxygen atoms in total. The SMILES string of the molecule is Clc1ccccc1Nc1ccc2c(ccc3c2ncn3-c2ccccc2)c1. The lowest BCUT2D eigenvalue weighted by atomic mass is 10.1. The van der Waals surface area contributed by atoms with Crippen LogP contribution in [-0.4, -0.2) is 9.55 Å². The smallest absolute Gasteiger partial charge is 0.100 e. The predicted octanol–water partition coefficient (Wildman–Crippen LogP) is 6.58. The fourth-order valence-electron chi connectivity index (χ4n) is 3.40. The highest BCUT2D eigenvalue weighted by molar-refractivity contribution is 6.33. The van der Waals surface area contributed by atoms with Crippen molar-refractivity contribution in [3.05, 3.63) is 96.3 Å². The van der Waals surface area contributed by atoms with Crippen LogP contribution >= 0.6 is 11.6 Å². The topological polar surface area (TPSA) is 29.9 Å². The average molecular weight is 370 g/mol. The molecular weight excluding hydrogens is 354 g/mol. The molecule has 0 spiro atoms. The van der Waals surface area contributed by atoms with Crippen LogP contribution in [0.5, 0.6) is 0 Å². The van der Waals surface area contributed by atoms with Crippen LogP contribution in [0.3, 0.4) is 0 Å². The third kappa shape index (κ3) is 2.82. The van der Waals surface area contributed by atoms with Crippen LogP contribution in [0, 0.1) is 0 Å². The summed E-state index contributed by atoms with van der Waals surface area (Å²) in [4.78, 5) is 4.67. The number of benzene rings is 4. The summed E-state index contributed by atoms with van der Waals surface area (Å²) in [7, 11) is 0. The van der Waals surface area contributed by atoms with Crippen molar-refractivity contribution in [2.45, 2.75) is 0 Å². The lowest BCUT2D eigenvalue weighted by molar-refractivity contribution is 1.09. The van der Waals surface area contributed by atoms with E-state index in [9.17, 15) is 0 Å². The molecule has 27 heavy (non-hydrogen) atoms. The first kappa shape index (κ1) is 15.9. The fourth-order valence-corrected chi connectivity index (χ4v) is 3.58. The Morgan fingerprint density at radius 3 is 2.48 bits per heavy atom. The van der Waals surface area contributed by atoms with E-state index in [1.807, 2.05) is 48.8 Å². The van der Waals surface area contributed by atoms with Crippen molar-refractivity contribution in [1.82, 2.24) is 9.55 Å². The van der Waals surface area contributed by atoms with Gasteiger partial charge in [-0.2, -0.15) is 0 Å². The van der Waals surface area contributed by atoms with Crippen LogP contribution in [0.15, 0.2) is 91.3 Å². The predicted molar refractivity (Wildman–Crippen MR) is 113 cm³/mol. The first-order valence-corrected chi connectivity index (χ1v) is 9.14. The van der Waals surface area contributed by atoms with Gasteiger partial charge >= 0.3 is 0 Å². The lowest BCUT2D eigenvalue weighted by Crippen LogP contribution is -1.92. The van der Waals surface area contributed by atoms with Gasteiger partial charge in [0, 0.05) is 16.8 Å². The van der Waals surface area contributed by atoms with Crippen LogP contribution in [0.25, 0.3) is 27.5 Å². The highest BCUT2D eigenvalue weighted by Gasteiger charge is 2.09. The van der Waals surface area contributed by atoms with Gasteiger partial charge in [-0.3, -0.25) is 4.57 Å². The van der Waals surface area contributed by atoms with Crippen LogP contribution < -0.4 is 5.32 Å². The Hall–Kier alpha value is -3.30. The summed E-state index contributed by atoms with van der Waals surface area (Å²) < 4.78 is 2.12. The number of hydrogen-bond donors (Lipinski definition) is 1. The highest BCUT2D eigenvalue weighted by Crippen LogP contribution is 2.30. The summed E-state index contributed by atoms with van der Waals surface area (Å²) in [6.45, 7) is 0. The highest BCUT2D eigenvalue weighted by atomic mass is 35.5. The summed E-state index contributed by atoms with van der Waals surface area (Å²) in [5.41, 5.74) is 5.10. The molecule has 0 aliphatic heterocycles. The molecule has 130 valence electrons. The van der Waals surface area contributed by atoms with E-state index in [0.29, 0.717) is 5.02 Å². The second-order valence-corrected chi connectivity index (χ2v) is 6.83. The van der Waals surface area contributed by atoms with E-state index in [0.717, 1.165) is 38.9 Å². The van der Waals surface area contributed by atoms with Crippen LogP contribution in [0.4, 0.5) is 11.4 Å². The van der Waals surface area contributed by atoms with Crippen LogP contribution in [0.2, 0.25) is 5.02 Å². The molecule has 0 amide bonds. The molecule has 1 heterocycles. The van der Waals surface area contributed by atoms with E-state index in [-0.39, 0.29) is 0 Å². The molecule has 1 aromatic heterocycles. The third-order valence-electron chi connectivity index (χ3n) is 4.72. The van der Waals surface area contributed by atoms with Crippen LogP contribution in [-0.2, 0) is 0 Å². The summed E-state index contributed by atoms with van der Waals surface area (Å²) in [6, 6.07) is 28.6. The Balaban J connectivity index is 1.59. The van der Waals surface area contributed by atoms with Crippen molar-refractivity contribution in [1.29, 1.82) is 0 Å². The van der Waals surface area contributed by atoms with Crippen molar-refractivity contribution < 1.29 is 0 Å². The largest absolute Gasteiger partial charge is 0.354 e. The van der Waals surface area contributed by atoms with E-state index in [1.165, 1.54) is 0 Å². The molecule has 0 fully saturated rings. The molecule has 0 aliphatic carbocycles. The number of para-hydroxylation sites is 2. The number of aromatic nitrogens is 2. The van der Waals surface area contributed by atoms with Crippen molar-refractivity contribution in [2.24, 2.45) is 0 Å². The Bertz CT molecular complexity index is 1260. The minimum absolute atomic E-state index is 0.703. The maximum Gasteiger partial charge on any atom is 0.100 e. The Morgan fingerprint density at radius 1 is 0.815 bits per heavy atom. The minimum atomic E-state index is 0.703. The Labute approximate surface area is 161 Å². The van der Waals surface area contributed by atoms with Gasteiger partial charge in [-0.15, -0.1) is 0 Å². The molecule has 5 aromatic rings. The summed E-state index contributed by atoms with van der Waals surface area (Å²) >= 11 is 6.26. The van der Waals surface area contributed by atoms with E-state index in [1.54, 1.807) is 0 Å². The van der Waals surface area contributed by atoms with Crippen molar-refractivity contribution in [2.75, 3.05) is 5.32 Å². The lowest BCUT2D eigenvalue weighted by Gasteiger charge is -2.10. The molecule has 4 heteroatoms. The van der Waals surface area contributed by atoms with E-state index < -0.39 is 0 Å². The molecule has 1 N–H and O–H groups in total. The van der Waals surface area contributed by atoms with Crippen LogP contribution in [0.1, 0.15) is 0 Å². The van der Waals surface area contributed by atoms with Gasteiger partial charge in [0.1, 0.15) is 6.33 Å². The minimum Gasteiger partial charge on any atom is -0.354 e. The quantitative estimate of drug-likeness (QED) is 0.389. The monoisotopic (exact) mass is 369 g/mol. The van der Waals surface area contributed by atoms with Crippen molar-refractivity contribution in [3.63, 3.8) is 0 Å². The van der Waals surface area contributed by atoms with E-state index in [4.69, 9.17) is 11.6 Å². The zero-order valence-corrected chi connectivity index (χ0v) is 15.2. The van der Waals surface area contributed by atoms with Gasteiger partial charge in [0.25, 0.3) is 0 Å². The number of nitrogens with zero attached hydrogens (tertiary/aromatic N) is 2. The molecule has 0 bridgehead atoms. The van der Waals surface area contributed by atoms with Gasteiger partial charge in [-0.05, 0) is 47.9 Å². The molecule has 0 aliphatic rings. The molecule has 5 rings (SSSR count). The maximum atomic E-state index is 6.26. The zero-order valence-electron chi connectivity index (χ0n) is 14.4. The number of hydrogen-bond acceptors (Lipinski definition) is 2.